The number of aliphatic hydroxyl groups is 2. The lowest BCUT2D eigenvalue weighted by atomic mass is 10.2. The number of nitrogen functional groups attached to an aromatic ring is 2. The molecular formula is C59H77N16O37P5. The van der Waals surface area contributed by atoms with Crippen LogP contribution < -0.4 is 62.2 Å². The number of hydrogen-bond acceptors (Lipinski definition) is 38. The van der Waals surface area contributed by atoms with Gasteiger partial charge < -0.3 is 74.6 Å². The third kappa shape index (κ3) is 20.2. The second-order valence-electron chi connectivity index (χ2n) is 27.5. The molecule has 640 valence electrons. The molecule has 13 heterocycles. The number of H-pyrrole nitrogens is 4. The van der Waals surface area contributed by atoms with Crippen molar-refractivity contribution in [3.05, 3.63) is 166 Å². The molecule has 0 aromatic carbocycles. The summed E-state index contributed by atoms with van der Waals surface area (Å²) in [5.41, 5.74) is 4.19. The van der Waals surface area contributed by atoms with Crippen molar-refractivity contribution in [3.8, 4) is 0 Å². The summed E-state index contributed by atoms with van der Waals surface area (Å²) >= 11 is 0. The molecule has 6 aliphatic heterocycles. The number of imidazole rings is 1. The van der Waals surface area contributed by atoms with Gasteiger partial charge in [0.15, 0.2) is 11.5 Å². The first kappa shape index (κ1) is 86.8. The number of ether oxygens (including phenoxy) is 6. The van der Waals surface area contributed by atoms with E-state index in [1.165, 1.54) is 50.9 Å². The van der Waals surface area contributed by atoms with Crippen molar-refractivity contribution < 1.29 is 131 Å². The molecule has 23 atom stereocenters. The summed E-state index contributed by atoms with van der Waals surface area (Å²) in [5, 5.41) is 21.0. The van der Waals surface area contributed by atoms with Gasteiger partial charge in [0.05, 0.1) is 52.1 Å². The van der Waals surface area contributed by atoms with E-state index in [0.717, 1.165) is 54.0 Å². The smallest absolute Gasteiger partial charge is 0.394 e. The maximum atomic E-state index is 14.4. The van der Waals surface area contributed by atoms with Gasteiger partial charge in [0.2, 0.25) is 0 Å². The number of anilines is 2. The van der Waals surface area contributed by atoms with Crippen molar-refractivity contribution in [3.63, 3.8) is 0 Å². The number of hydrogen-bond donors (Lipinski definition) is 13. The van der Waals surface area contributed by atoms with Crippen molar-refractivity contribution in [2.24, 2.45) is 0 Å². The molecule has 117 heavy (non-hydrogen) atoms. The van der Waals surface area contributed by atoms with Crippen molar-refractivity contribution in [1.82, 2.24) is 67.3 Å². The molecule has 0 spiro atoms. The van der Waals surface area contributed by atoms with Crippen molar-refractivity contribution >= 4 is 61.9 Å². The summed E-state index contributed by atoms with van der Waals surface area (Å²) in [6.45, 7) is -0.604. The number of aromatic amines is 4. The summed E-state index contributed by atoms with van der Waals surface area (Å²) in [6, 6.07) is 1.17. The zero-order valence-electron chi connectivity index (χ0n) is 61.2. The number of fused-ring (bicyclic) bond motifs is 1. The Balaban J connectivity index is 0.696. The Bertz CT molecular complexity index is 5730. The van der Waals surface area contributed by atoms with Gasteiger partial charge in [0.25, 0.3) is 22.2 Å². The van der Waals surface area contributed by atoms with Crippen LogP contribution in [0.3, 0.4) is 0 Å². The minimum Gasteiger partial charge on any atom is -0.394 e. The fourth-order valence-electron chi connectivity index (χ4n) is 13.5. The van der Waals surface area contributed by atoms with Crippen LogP contribution in [0, 0.1) is 27.7 Å². The van der Waals surface area contributed by atoms with Crippen LogP contribution in [-0.2, 0) is 96.5 Å². The van der Waals surface area contributed by atoms with Crippen LogP contribution in [0.25, 0.3) is 11.2 Å². The first-order valence-electron chi connectivity index (χ1n) is 35.1. The molecule has 6 fully saturated rings. The van der Waals surface area contributed by atoms with Gasteiger partial charge in [-0.1, -0.05) is 0 Å². The van der Waals surface area contributed by atoms with Crippen LogP contribution in [0.2, 0.25) is 0 Å². The van der Waals surface area contributed by atoms with Gasteiger partial charge in [0, 0.05) is 91.8 Å². The van der Waals surface area contributed by atoms with Gasteiger partial charge in [-0.3, -0.25) is 112 Å². The highest BCUT2D eigenvalue weighted by molar-refractivity contribution is 7.48. The Kier molecular flexibility index (Phi) is 25.7. The maximum absolute atomic E-state index is 14.4. The molecule has 0 amide bonds. The van der Waals surface area contributed by atoms with E-state index in [9.17, 15) is 101 Å². The van der Waals surface area contributed by atoms with Gasteiger partial charge in [-0.2, -0.15) is 4.98 Å². The summed E-state index contributed by atoms with van der Waals surface area (Å²) in [6.07, 6.45) is -22.8. The Morgan fingerprint density at radius 1 is 0.427 bits per heavy atom. The summed E-state index contributed by atoms with van der Waals surface area (Å²) in [7, 11) is -27.5. The third-order valence-electron chi connectivity index (χ3n) is 19.3. The SMILES string of the molecule is Cc1cn([C@H]2C[C@H](OP(=O)(O)OC[C@H]3O[C@@H](n4cc(C)c(=O)[nH]c4=O)C[C@@H]3OP(=O)(O)OC[C@H]3O[C@@H](n4ccc(N)nc4=O)C[C@@H]3OP(=O)(O)OC[C@H]3O[C@@H](n4cnc5c(N)ncnc54)C[C@@H]3OP(=O)(O)OC[C@H]3O[C@@H](n4cc(C)c(=O)[nH]c4=O)C[C@@H]3OP(=O)(O)OC[C@H]3O[C@@H](n4cc(C)c(=O)[nH]c4=O)C[C@@H]3O)[C@@H](CO)O2)c(=O)[nH]c1=O. The number of phosphoric ester groups is 5. The van der Waals surface area contributed by atoms with Crippen LogP contribution in [0.15, 0.2) is 92.9 Å². The lowest BCUT2D eigenvalue weighted by molar-refractivity contribution is -0.0653. The number of nitrogens with two attached hydrogens (primary N) is 2. The van der Waals surface area contributed by atoms with E-state index >= 15 is 0 Å². The number of nitrogens with one attached hydrogen (secondary N) is 4. The van der Waals surface area contributed by atoms with Crippen LogP contribution in [0.4, 0.5) is 11.6 Å². The molecule has 0 aliphatic carbocycles. The fourth-order valence-corrected chi connectivity index (χ4v) is 18.3. The number of aryl methyl sites for hydroxylation is 4. The van der Waals surface area contributed by atoms with Crippen LogP contribution >= 0.6 is 39.1 Å². The Morgan fingerprint density at radius 2 is 0.726 bits per heavy atom. The Morgan fingerprint density at radius 3 is 1.07 bits per heavy atom. The monoisotopic (exact) mass is 1760 g/mol. The first-order chi connectivity index (χ1) is 55.1. The number of nitrogens with zero attached hydrogens (tertiary/aromatic N) is 10. The average Bonchev–Trinajstić information content (AvgIpc) is 1.64. The standard InChI is InChI=1S/C59H77N16O37P5/c1-25-13-71(56(83)66-51(25)78)42-7-29(77)36(103-42)18-97-113(87,88)110-32-10-45(73-15-27(3)53(80)68-58(73)85)106-39(32)21-100-117(95,96)112-34-12-47(75-24-64-48-49(61)62-23-63-50(48)75)107-40(34)22-101-115(91,92)109-31-9-43(70-6-5-41(60)65-55(70)82)104-37(31)19-99-116(93,94)111-33-11-46(74-16-28(4)54(81)69-59(74)86)105-38(33)20-98-114(89,90)108-30-8-44(102-35(30)17-76)72-14-26(2)52(79)67-57(72)84/h5-6,13-16,23-24,29-40,42-47,76-77H,7-12,17-22H2,1-4H3,(H,87,88)(H,89,90)(H,91,92)(H,93,94)(H,95,96)(H2,60,65,82)(H2,61,62,63)(H,66,78,83)(H,67,79,84)(H,68,80,85)(H,69,81,86)/t29-,30-,31-,32-,33-,34-,35+,36+,37+,38+,39+,40+,42+,43+,44+,45+,46+,47+/m0/s1. The molecule has 5 unspecified atom stereocenters. The van der Waals surface area contributed by atoms with E-state index in [4.69, 9.17) is 85.1 Å². The average molecular weight is 1760 g/mol. The molecule has 6 aliphatic rings. The topological polar surface area (TPSA) is 725 Å². The summed E-state index contributed by atoms with van der Waals surface area (Å²) in [5.74, 6) is -0.344. The minimum atomic E-state index is -5.63. The third-order valence-corrected chi connectivity index (χ3v) is 24.4. The van der Waals surface area contributed by atoms with Crippen LogP contribution in [-0.4, -0.2) is 215 Å². The molecule has 53 nitrogen and oxygen atoms in total. The molecule has 6 saturated heterocycles. The van der Waals surface area contributed by atoms with Gasteiger partial charge in [-0.25, -0.2) is 61.7 Å². The van der Waals surface area contributed by atoms with Crippen molar-refractivity contribution in [1.29, 1.82) is 0 Å². The highest BCUT2D eigenvalue weighted by Gasteiger charge is 2.51. The van der Waals surface area contributed by atoms with Crippen molar-refractivity contribution in [2.45, 2.75) is 177 Å². The normalized spacial score (nSPS) is 30.0. The second kappa shape index (κ2) is 34.6. The Hall–Kier alpha value is -8.02. The molecule has 0 saturated carbocycles. The van der Waals surface area contributed by atoms with Crippen molar-refractivity contribution in [2.75, 3.05) is 51.1 Å². The van der Waals surface area contributed by atoms with E-state index in [-0.39, 0.29) is 57.9 Å². The molecule has 0 radical (unpaired) electrons. The molecule has 0 bridgehead atoms. The molecule has 7 aromatic rings. The highest BCUT2D eigenvalue weighted by atomic mass is 31.2. The highest BCUT2D eigenvalue weighted by Crippen LogP contribution is 2.56. The minimum absolute atomic E-state index is 0.00465. The molecule has 7 aromatic heterocycles. The second-order valence-corrected chi connectivity index (χ2v) is 34.6. The fraction of sp³-hybridized carbons (Fsp3) is 0.576. The number of rotatable bonds is 32. The Labute approximate surface area is 651 Å². The van der Waals surface area contributed by atoms with Gasteiger partial charge in [-0.15, -0.1) is 0 Å². The maximum Gasteiger partial charge on any atom is 0.472 e. The zero-order valence-corrected chi connectivity index (χ0v) is 65.7. The van der Waals surface area contributed by atoms with Gasteiger partial charge in [-0.05, 0) is 33.8 Å². The predicted octanol–water partition coefficient (Wildman–Crippen LogP) is -2.73. The quantitative estimate of drug-likeness (QED) is 0.0190. The van der Waals surface area contributed by atoms with Gasteiger partial charge >= 0.3 is 67.6 Å². The first-order valence-corrected chi connectivity index (χ1v) is 42.6. The van der Waals surface area contributed by atoms with E-state index in [1.807, 2.05) is 0 Å². The lowest BCUT2D eigenvalue weighted by Gasteiger charge is -2.26. The predicted molar refractivity (Wildman–Crippen MR) is 384 cm³/mol. The number of aromatic nitrogens is 14. The lowest BCUT2D eigenvalue weighted by Crippen LogP contribution is -2.33. The zero-order chi connectivity index (χ0) is 84.3. The largest absolute Gasteiger partial charge is 0.472 e. The van der Waals surface area contributed by atoms with E-state index in [2.05, 4.69) is 39.9 Å². The van der Waals surface area contributed by atoms with Crippen LogP contribution in [0.5, 0.6) is 0 Å². The number of aliphatic hydroxyl groups excluding tert-OH is 2. The van der Waals surface area contributed by atoms with Crippen LogP contribution in [0.1, 0.15) is 98.1 Å². The molecule has 13 rings (SSSR count). The van der Waals surface area contributed by atoms with Gasteiger partial charge in [0.1, 0.15) is 122 Å². The molecule has 58 heteroatoms. The molecular weight excluding hydrogens is 1680 g/mol. The molecule has 15 N–H and O–H groups in total. The van der Waals surface area contributed by atoms with E-state index in [0.29, 0.717) is 0 Å². The van der Waals surface area contributed by atoms with E-state index in [1.54, 1.807) is 0 Å². The summed E-state index contributed by atoms with van der Waals surface area (Å²) in [4.78, 5) is 195. The summed E-state index contributed by atoms with van der Waals surface area (Å²) < 4.78 is 166. The van der Waals surface area contributed by atoms with E-state index < -0.39 is 266 Å². The number of phosphoric acid groups is 5.